The number of carbonyl (C=O) groups excluding carboxylic acids is 2. The Morgan fingerprint density at radius 3 is 2.70 bits per heavy atom. The van der Waals surface area contributed by atoms with Gasteiger partial charge in [0.25, 0.3) is 11.8 Å². The molecule has 3 aliphatic rings. The molecule has 2 amide bonds. The van der Waals surface area contributed by atoms with Crippen molar-refractivity contribution in [2.45, 2.75) is 25.4 Å². The lowest BCUT2D eigenvalue weighted by Gasteiger charge is -2.19. The highest BCUT2D eigenvalue weighted by Gasteiger charge is 2.54. The number of halogens is 3. The van der Waals surface area contributed by atoms with E-state index in [-0.39, 0.29) is 17.5 Å². The van der Waals surface area contributed by atoms with Gasteiger partial charge in [0.1, 0.15) is 0 Å². The van der Waals surface area contributed by atoms with Gasteiger partial charge >= 0.3 is 6.18 Å². The number of carbonyl (C=O) groups is 2. The lowest BCUT2D eigenvalue weighted by molar-refractivity contribution is -0.138. The summed E-state index contributed by atoms with van der Waals surface area (Å²) in [6, 6.07) is 4.47. The Morgan fingerprint density at radius 1 is 1.22 bits per heavy atom. The number of alkyl halides is 3. The summed E-state index contributed by atoms with van der Waals surface area (Å²) in [6.07, 6.45) is -1.93. The molecule has 0 aromatic heterocycles. The third kappa shape index (κ3) is 2.06. The maximum absolute atomic E-state index is 12.8. The third-order valence-corrected chi connectivity index (χ3v) is 4.84. The van der Waals surface area contributed by atoms with Gasteiger partial charge in [0.05, 0.1) is 17.2 Å². The fraction of sp³-hybridized carbons (Fsp3) is 0.375. The minimum Gasteiger partial charge on any atom is -0.289 e. The highest BCUT2D eigenvalue weighted by molar-refractivity contribution is 6.16. The van der Waals surface area contributed by atoms with Crippen molar-refractivity contribution in [3.8, 4) is 0 Å². The van der Waals surface area contributed by atoms with Crippen molar-refractivity contribution in [3.63, 3.8) is 0 Å². The van der Waals surface area contributed by atoms with Gasteiger partial charge in [-0.1, -0.05) is 11.6 Å². The molecule has 2 aliphatic carbocycles. The highest BCUT2D eigenvalue weighted by atomic mass is 19.4. The van der Waals surface area contributed by atoms with Crippen LogP contribution >= 0.6 is 0 Å². The van der Waals surface area contributed by atoms with E-state index in [1.165, 1.54) is 12.1 Å². The van der Waals surface area contributed by atoms with E-state index in [1.807, 2.05) is 0 Å². The molecular weight excluding hydrogens is 309 g/mol. The quantitative estimate of drug-likeness (QED) is 0.851. The minimum absolute atomic E-state index is 0.0689. The highest BCUT2D eigenvalue weighted by Crippen LogP contribution is 2.52. The van der Waals surface area contributed by atoms with Crippen LogP contribution in [0.3, 0.4) is 0 Å². The number of nitrogens with one attached hydrogen (secondary N) is 1. The second kappa shape index (κ2) is 4.59. The van der Waals surface area contributed by atoms with Crippen LogP contribution in [0.15, 0.2) is 35.4 Å². The summed E-state index contributed by atoms with van der Waals surface area (Å²) in [4.78, 5) is 24.9. The molecule has 120 valence electrons. The van der Waals surface area contributed by atoms with Crippen LogP contribution in [0.5, 0.6) is 0 Å². The number of hydrogen-bond donors (Lipinski definition) is 1. The van der Waals surface area contributed by atoms with Crippen LogP contribution in [0, 0.1) is 11.8 Å². The lowest BCUT2D eigenvalue weighted by Crippen LogP contribution is -2.37. The number of rotatable bonds is 2. The first-order valence-electron chi connectivity index (χ1n) is 7.40. The van der Waals surface area contributed by atoms with Gasteiger partial charge in [-0.15, -0.1) is 0 Å². The Balaban J connectivity index is 1.62. The van der Waals surface area contributed by atoms with Crippen LogP contribution in [-0.2, 0) is 15.8 Å². The fourth-order valence-electron chi connectivity index (χ4n) is 3.83. The van der Waals surface area contributed by atoms with E-state index in [2.05, 4.69) is 5.43 Å². The van der Waals surface area contributed by atoms with Crippen molar-refractivity contribution >= 4 is 17.5 Å². The fourth-order valence-corrected chi connectivity index (χ4v) is 3.83. The molecule has 1 saturated heterocycles. The molecule has 2 unspecified atom stereocenters. The topological polar surface area (TPSA) is 49.4 Å². The zero-order chi connectivity index (χ0) is 16.4. The maximum atomic E-state index is 12.8. The normalized spacial score (nSPS) is 26.3. The van der Waals surface area contributed by atoms with Gasteiger partial charge in [0.15, 0.2) is 0 Å². The Morgan fingerprint density at radius 2 is 2.00 bits per heavy atom. The second-order valence-corrected chi connectivity index (χ2v) is 6.17. The van der Waals surface area contributed by atoms with Gasteiger partial charge in [-0.05, 0) is 43.4 Å². The van der Waals surface area contributed by atoms with Gasteiger partial charge in [-0.3, -0.25) is 15.0 Å². The molecule has 2 bridgehead atoms. The summed E-state index contributed by atoms with van der Waals surface area (Å²) in [5, 5.41) is 0.868. The first-order valence-corrected chi connectivity index (χ1v) is 7.40. The van der Waals surface area contributed by atoms with E-state index in [1.54, 1.807) is 0 Å². The van der Waals surface area contributed by atoms with Crippen LogP contribution in [0.25, 0.3) is 0 Å². The Bertz CT molecular complexity index is 754. The standard InChI is InChI=1S/C16H13F3N2O2/c17-16(18,19)10-2-1-3-11(7-10)20-21-14(22)12-8-4-5-9(6-8)13(12)15(21)23/h1-3,7-8,12,20H,4-6H2. The number of hydrogen-bond acceptors (Lipinski definition) is 3. The largest absolute Gasteiger partial charge is 0.416 e. The molecule has 1 aromatic rings. The molecule has 2 fully saturated rings. The molecule has 4 nitrogen and oxygen atoms in total. The number of fused-ring (bicyclic) bond motifs is 4. The summed E-state index contributed by atoms with van der Waals surface area (Å²) in [7, 11) is 0. The number of amides is 2. The maximum Gasteiger partial charge on any atom is 0.416 e. The Hall–Kier alpha value is -2.31. The summed E-state index contributed by atoms with van der Waals surface area (Å²) in [6.45, 7) is 0. The van der Waals surface area contributed by atoms with Crippen LogP contribution in [-0.4, -0.2) is 16.8 Å². The molecular formula is C16H13F3N2O2. The lowest BCUT2D eigenvalue weighted by atomic mass is 9.88. The molecule has 0 radical (unpaired) electrons. The smallest absolute Gasteiger partial charge is 0.289 e. The number of anilines is 1. The van der Waals surface area contributed by atoms with Gasteiger partial charge in [-0.25, -0.2) is 0 Å². The summed E-state index contributed by atoms with van der Waals surface area (Å²) in [5.41, 5.74) is 3.38. The number of allylic oxidation sites excluding steroid dienone is 1. The van der Waals surface area contributed by atoms with Crippen LogP contribution < -0.4 is 5.43 Å². The predicted octanol–water partition coefficient (Wildman–Crippen LogP) is 3.13. The van der Waals surface area contributed by atoms with Gasteiger partial charge in [0.2, 0.25) is 0 Å². The van der Waals surface area contributed by atoms with Crippen molar-refractivity contribution in [1.82, 2.24) is 5.01 Å². The summed E-state index contributed by atoms with van der Waals surface area (Å²) >= 11 is 0. The zero-order valence-corrected chi connectivity index (χ0v) is 12.0. The first kappa shape index (κ1) is 14.3. The first-order chi connectivity index (χ1) is 10.9. The van der Waals surface area contributed by atoms with Crippen LogP contribution in [0.2, 0.25) is 0 Å². The molecule has 1 aromatic carbocycles. The van der Waals surface area contributed by atoms with E-state index >= 15 is 0 Å². The Labute approximate surface area is 129 Å². The second-order valence-electron chi connectivity index (χ2n) is 6.17. The van der Waals surface area contributed by atoms with Crippen molar-refractivity contribution < 1.29 is 22.8 Å². The van der Waals surface area contributed by atoms with Crippen molar-refractivity contribution in [2.75, 3.05) is 5.43 Å². The number of hydrazine groups is 1. The molecule has 1 heterocycles. The van der Waals surface area contributed by atoms with Gasteiger partial charge < -0.3 is 0 Å². The number of benzene rings is 1. The molecule has 2 atom stereocenters. The van der Waals surface area contributed by atoms with Gasteiger partial charge in [0, 0.05) is 5.57 Å². The monoisotopic (exact) mass is 322 g/mol. The van der Waals surface area contributed by atoms with Crippen LogP contribution in [0.4, 0.5) is 18.9 Å². The molecule has 1 aliphatic heterocycles. The van der Waals surface area contributed by atoms with Crippen molar-refractivity contribution in [3.05, 3.63) is 41.0 Å². The number of nitrogens with zero attached hydrogens (tertiary/aromatic N) is 1. The molecule has 23 heavy (non-hydrogen) atoms. The molecule has 4 rings (SSSR count). The van der Waals surface area contributed by atoms with Gasteiger partial charge in [-0.2, -0.15) is 18.2 Å². The van der Waals surface area contributed by atoms with Crippen LogP contribution in [0.1, 0.15) is 24.8 Å². The average Bonchev–Trinajstić information content (AvgIpc) is 3.17. The average molecular weight is 322 g/mol. The van der Waals surface area contributed by atoms with E-state index in [0.29, 0.717) is 5.57 Å². The Kier molecular flexibility index (Phi) is 2.86. The summed E-state index contributed by atoms with van der Waals surface area (Å²) < 4.78 is 38.3. The predicted molar refractivity (Wildman–Crippen MR) is 74.8 cm³/mol. The van der Waals surface area contributed by atoms with E-state index in [4.69, 9.17) is 0 Å². The van der Waals surface area contributed by atoms with E-state index < -0.39 is 23.6 Å². The van der Waals surface area contributed by atoms with E-state index in [9.17, 15) is 22.8 Å². The van der Waals surface area contributed by atoms with Crippen molar-refractivity contribution in [1.29, 1.82) is 0 Å². The minimum atomic E-state index is -4.48. The molecule has 1 saturated carbocycles. The molecule has 0 spiro atoms. The SMILES string of the molecule is O=C1C2=C3CCC(C3)C2C(=O)N1Nc1cccc(C(F)(F)F)c1. The summed E-state index contributed by atoms with van der Waals surface area (Å²) in [5.74, 6) is -1.02. The third-order valence-electron chi connectivity index (χ3n) is 4.84. The number of imide groups is 1. The van der Waals surface area contributed by atoms with E-state index in [0.717, 1.165) is 42.0 Å². The molecule has 7 heteroatoms. The van der Waals surface area contributed by atoms with Crippen molar-refractivity contribution in [2.24, 2.45) is 11.8 Å². The zero-order valence-electron chi connectivity index (χ0n) is 12.0. The molecule has 1 N–H and O–H groups in total.